The van der Waals surface area contributed by atoms with E-state index in [-0.39, 0.29) is 11.9 Å². The first-order chi connectivity index (χ1) is 12.0. The molecule has 5 nitrogen and oxygen atoms in total. The molecular weight excluding hydrogens is 334 g/mol. The Balaban J connectivity index is 1.51. The molecule has 2 aromatic rings. The van der Waals surface area contributed by atoms with Gasteiger partial charge in [-0.15, -0.1) is 11.3 Å². The van der Waals surface area contributed by atoms with Gasteiger partial charge in [-0.05, 0) is 48.1 Å². The molecule has 1 aromatic carbocycles. The first-order valence-electron chi connectivity index (χ1n) is 8.46. The van der Waals surface area contributed by atoms with Crippen LogP contribution in [0, 0.1) is 6.92 Å². The molecule has 0 saturated carbocycles. The predicted octanol–water partition coefficient (Wildman–Crippen LogP) is 3.52. The van der Waals surface area contributed by atoms with Crippen molar-refractivity contribution in [1.82, 2.24) is 10.2 Å². The average molecular weight is 357 g/mol. The number of carbonyl (C=O) groups is 2. The van der Waals surface area contributed by atoms with Crippen LogP contribution >= 0.6 is 11.3 Å². The highest BCUT2D eigenvalue weighted by atomic mass is 32.1. The van der Waals surface area contributed by atoms with Crippen molar-refractivity contribution in [2.45, 2.75) is 32.9 Å². The number of amides is 3. The molecule has 0 atom stereocenters. The highest BCUT2D eigenvalue weighted by Crippen LogP contribution is 2.21. The Morgan fingerprint density at radius 2 is 2.04 bits per heavy atom. The molecule has 0 bridgehead atoms. The maximum Gasteiger partial charge on any atom is 0.317 e. The van der Waals surface area contributed by atoms with Crippen LogP contribution in [0.15, 0.2) is 35.7 Å². The van der Waals surface area contributed by atoms with Crippen molar-refractivity contribution < 1.29 is 9.59 Å². The summed E-state index contributed by atoms with van der Waals surface area (Å²) in [5, 5.41) is 4.98. The van der Waals surface area contributed by atoms with Crippen LogP contribution < -0.4 is 10.2 Å². The van der Waals surface area contributed by atoms with Crippen molar-refractivity contribution in [2.24, 2.45) is 0 Å². The summed E-state index contributed by atoms with van der Waals surface area (Å²) >= 11 is 1.67. The molecule has 0 unspecified atom stereocenters. The zero-order valence-electron chi connectivity index (χ0n) is 14.6. The molecule has 1 fully saturated rings. The van der Waals surface area contributed by atoms with Crippen LogP contribution in [0.25, 0.3) is 0 Å². The molecule has 1 N–H and O–H groups in total. The van der Waals surface area contributed by atoms with E-state index < -0.39 is 0 Å². The Labute approximate surface area is 152 Å². The first kappa shape index (κ1) is 17.5. The summed E-state index contributed by atoms with van der Waals surface area (Å²) in [5.41, 5.74) is 3.17. The molecule has 0 spiro atoms. The number of nitrogens with one attached hydrogen (secondary N) is 1. The SMILES string of the molecule is Cc1ccsc1CN(C)C(=O)NCc1ccc(N2CCCC2=O)cc1. The van der Waals surface area contributed by atoms with Crippen molar-refractivity contribution in [2.75, 3.05) is 18.5 Å². The third kappa shape index (κ3) is 4.20. The van der Waals surface area contributed by atoms with E-state index in [1.807, 2.05) is 34.5 Å². The number of rotatable bonds is 5. The van der Waals surface area contributed by atoms with E-state index >= 15 is 0 Å². The van der Waals surface area contributed by atoms with Crippen molar-refractivity contribution >= 4 is 29.0 Å². The monoisotopic (exact) mass is 357 g/mol. The second-order valence-corrected chi connectivity index (χ2v) is 7.36. The normalized spacial score (nSPS) is 14.0. The Kier molecular flexibility index (Phi) is 5.38. The summed E-state index contributed by atoms with van der Waals surface area (Å²) < 4.78 is 0. The summed E-state index contributed by atoms with van der Waals surface area (Å²) in [5.74, 6) is 0.187. The van der Waals surface area contributed by atoms with E-state index in [0.29, 0.717) is 19.5 Å². The highest BCUT2D eigenvalue weighted by Gasteiger charge is 2.21. The van der Waals surface area contributed by atoms with Gasteiger partial charge < -0.3 is 15.1 Å². The quantitative estimate of drug-likeness (QED) is 0.890. The third-order valence-electron chi connectivity index (χ3n) is 4.46. The number of thiophene rings is 1. The minimum absolute atomic E-state index is 0.0911. The maximum atomic E-state index is 12.2. The molecule has 3 amide bonds. The largest absolute Gasteiger partial charge is 0.334 e. The van der Waals surface area contributed by atoms with Gasteiger partial charge in [0.2, 0.25) is 5.91 Å². The molecule has 1 saturated heterocycles. The lowest BCUT2D eigenvalue weighted by Crippen LogP contribution is -2.36. The Morgan fingerprint density at radius 1 is 1.28 bits per heavy atom. The van der Waals surface area contributed by atoms with Crippen LogP contribution in [-0.2, 0) is 17.9 Å². The van der Waals surface area contributed by atoms with Crippen molar-refractivity contribution in [3.05, 3.63) is 51.7 Å². The lowest BCUT2D eigenvalue weighted by atomic mass is 10.2. The van der Waals surface area contributed by atoms with Gasteiger partial charge >= 0.3 is 6.03 Å². The summed E-state index contributed by atoms with van der Waals surface area (Å²) in [6.07, 6.45) is 1.56. The zero-order chi connectivity index (χ0) is 17.8. The molecule has 0 aliphatic carbocycles. The van der Waals surface area contributed by atoms with Crippen LogP contribution in [0.5, 0.6) is 0 Å². The van der Waals surface area contributed by atoms with Gasteiger partial charge in [0.25, 0.3) is 0 Å². The molecule has 3 rings (SSSR count). The number of anilines is 1. The predicted molar refractivity (Wildman–Crippen MR) is 101 cm³/mol. The number of hydrogen-bond acceptors (Lipinski definition) is 3. The Hall–Kier alpha value is -2.34. The summed E-state index contributed by atoms with van der Waals surface area (Å²) in [6, 6.07) is 9.80. The third-order valence-corrected chi connectivity index (χ3v) is 5.47. The summed E-state index contributed by atoms with van der Waals surface area (Å²) in [4.78, 5) is 28.7. The van der Waals surface area contributed by atoms with Gasteiger partial charge in [-0.2, -0.15) is 0 Å². The van der Waals surface area contributed by atoms with Gasteiger partial charge in [0.05, 0.1) is 6.54 Å². The minimum atomic E-state index is -0.0911. The van der Waals surface area contributed by atoms with E-state index in [4.69, 9.17) is 0 Å². The lowest BCUT2D eigenvalue weighted by molar-refractivity contribution is -0.117. The molecule has 1 aliphatic heterocycles. The van der Waals surface area contributed by atoms with Crippen LogP contribution in [0.2, 0.25) is 0 Å². The lowest BCUT2D eigenvalue weighted by Gasteiger charge is -2.18. The fourth-order valence-corrected chi connectivity index (χ4v) is 3.84. The van der Waals surface area contributed by atoms with E-state index in [0.717, 1.165) is 24.2 Å². The molecule has 25 heavy (non-hydrogen) atoms. The first-order valence-corrected chi connectivity index (χ1v) is 9.34. The van der Waals surface area contributed by atoms with Gasteiger partial charge in [0, 0.05) is 37.1 Å². The Morgan fingerprint density at radius 3 is 2.64 bits per heavy atom. The molecule has 132 valence electrons. The molecular formula is C19H23N3O2S. The summed E-state index contributed by atoms with van der Waals surface area (Å²) in [6.45, 7) is 3.94. The van der Waals surface area contributed by atoms with Crippen molar-refractivity contribution in [1.29, 1.82) is 0 Å². The molecule has 0 radical (unpaired) electrons. The number of hydrogen-bond donors (Lipinski definition) is 1. The zero-order valence-corrected chi connectivity index (χ0v) is 15.4. The van der Waals surface area contributed by atoms with E-state index in [1.54, 1.807) is 23.3 Å². The van der Waals surface area contributed by atoms with E-state index in [2.05, 4.69) is 18.3 Å². The fourth-order valence-electron chi connectivity index (χ4n) is 2.88. The smallest absolute Gasteiger partial charge is 0.317 e. The second-order valence-electron chi connectivity index (χ2n) is 6.36. The number of nitrogens with zero attached hydrogens (tertiary/aromatic N) is 2. The van der Waals surface area contributed by atoms with Gasteiger partial charge in [-0.25, -0.2) is 4.79 Å². The van der Waals surface area contributed by atoms with Gasteiger partial charge in [-0.1, -0.05) is 12.1 Å². The van der Waals surface area contributed by atoms with Crippen LogP contribution in [0.1, 0.15) is 28.8 Å². The molecule has 1 aromatic heterocycles. The number of aryl methyl sites for hydroxylation is 1. The summed E-state index contributed by atoms with van der Waals surface area (Å²) in [7, 11) is 1.80. The van der Waals surface area contributed by atoms with Crippen LogP contribution in [-0.4, -0.2) is 30.4 Å². The van der Waals surface area contributed by atoms with Crippen LogP contribution in [0.3, 0.4) is 0 Å². The fraction of sp³-hybridized carbons (Fsp3) is 0.368. The van der Waals surface area contributed by atoms with E-state index in [1.165, 1.54) is 10.4 Å². The van der Waals surface area contributed by atoms with E-state index in [9.17, 15) is 9.59 Å². The average Bonchev–Trinajstić information content (AvgIpc) is 3.21. The van der Waals surface area contributed by atoms with Gasteiger partial charge in [0.15, 0.2) is 0 Å². The topological polar surface area (TPSA) is 52.7 Å². The molecule has 1 aliphatic rings. The number of carbonyl (C=O) groups excluding carboxylic acids is 2. The maximum absolute atomic E-state index is 12.2. The van der Waals surface area contributed by atoms with Gasteiger partial charge in [0.1, 0.15) is 0 Å². The standard InChI is InChI=1S/C19H23N3O2S/c1-14-9-11-25-17(14)13-21(2)19(24)20-12-15-5-7-16(8-6-15)22-10-3-4-18(22)23/h5-9,11H,3-4,10,12-13H2,1-2H3,(H,20,24). The van der Waals surface area contributed by atoms with Crippen LogP contribution in [0.4, 0.5) is 10.5 Å². The van der Waals surface area contributed by atoms with Crippen molar-refractivity contribution in [3.8, 4) is 0 Å². The molecule has 2 heterocycles. The van der Waals surface area contributed by atoms with Gasteiger partial charge in [-0.3, -0.25) is 4.79 Å². The number of urea groups is 1. The Bertz CT molecular complexity index is 754. The highest BCUT2D eigenvalue weighted by molar-refractivity contribution is 7.10. The second kappa shape index (κ2) is 7.70. The number of benzene rings is 1. The molecule has 6 heteroatoms. The van der Waals surface area contributed by atoms with Crippen molar-refractivity contribution in [3.63, 3.8) is 0 Å². The minimum Gasteiger partial charge on any atom is -0.334 e.